The molecule has 0 aliphatic carbocycles. The van der Waals surface area contributed by atoms with Crippen LogP contribution in [-0.4, -0.2) is 39.1 Å². The van der Waals surface area contributed by atoms with Crippen LogP contribution < -0.4 is 24.8 Å². The van der Waals surface area contributed by atoms with Crippen molar-refractivity contribution in [1.82, 2.24) is 5.32 Å². The summed E-state index contributed by atoms with van der Waals surface area (Å²) in [5.74, 6) is 1.27. The first kappa shape index (κ1) is 18.8. The Morgan fingerprint density at radius 2 is 2.07 bits per heavy atom. The fraction of sp³-hybridized carbons (Fsp3) is 0.350. The largest absolute Gasteiger partial charge is 0.497 e. The normalized spacial score (nSPS) is 13.0. The van der Waals surface area contributed by atoms with Crippen LogP contribution in [0.2, 0.25) is 0 Å². The fourth-order valence-electron chi connectivity index (χ4n) is 3.38. The number of urea groups is 1. The molecule has 0 saturated heterocycles. The van der Waals surface area contributed by atoms with E-state index in [-0.39, 0.29) is 0 Å². The van der Waals surface area contributed by atoms with Gasteiger partial charge in [-0.1, -0.05) is 12.1 Å². The van der Waals surface area contributed by atoms with Crippen LogP contribution in [0.15, 0.2) is 36.4 Å². The molecule has 0 unspecified atom stereocenters. The van der Waals surface area contributed by atoms with Crippen molar-refractivity contribution in [3.8, 4) is 11.5 Å². The Morgan fingerprint density at radius 1 is 1.26 bits per heavy atom. The standard InChI is InChI=1S/C20H25N3O4/c1-21-20(24)23(25)18-11-15-7-5-9-22(17(15)12-19(18)27-3)13-14-6-4-8-16(10-14)26-2/h4,6,8,10-12,25H,5,7,9,13H2,1-3H3,(H,21,24). The average molecular weight is 371 g/mol. The Hall–Kier alpha value is -2.93. The van der Waals surface area contributed by atoms with Crippen LogP contribution in [0.1, 0.15) is 17.5 Å². The summed E-state index contributed by atoms with van der Waals surface area (Å²) < 4.78 is 10.7. The van der Waals surface area contributed by atoms with Crippen molar-refractivity contribution in [2.75, 3.05) is 37.8 Å². The van der Waals surface area contributed by atoms with E-state index in [2.05, 4.69) is 16.3 Å². The maximum absolute atomic E-state index is 11.8. The highest BCUT2D eigenvalue weighted by Gasteiger charge is 2.24. The molecule has 0 bridgehead atoms. The molecule has 2 amide bonds. The first-order valence-electron chi connectivity index (χ1n) is 8.87. The first-order chi connectivity index (χ1) is 13.1. The van der Waals surface area contributed by atoms with Crippen molar-refractivity contribution in [3.63, 3.8) is 0 Å². The summed E-state index contributed by atoms with van der Waals surface area (Å²) in [6.45, 7) is 1.66. The summed E-state index contributed by atoms with van der Waals surface area (Å²) in [5, 5.41) is 13.2. The summed E-state index contributed by atoms with van der Waals surface area (Å²) in [5.41, 5.74) is 3.61. The Balaban J connectivity index is 1.94. The van der Waals surface area contributed by atoms with Crippen LogP contribution in [-0.2, 0) is 13.0 Å². The van der Waals surface area contributed by atoms with Gasteiger partial charge in [-0.25, -0.2) is 4.79 Å². The number of methoxy groups -OCH3 is 2. The van der Waals surface area contributed by atoms with Crippen molar-refractivity contribution in [2.45, 2.75) is 19.4 Å². The SMILES string of the molecule is CNC(=O)N(O)c1cc2c(cc1OC)N(Cc1cccc(OC)c1)CCC2. The summed E-state index contributed by atoms with van der Waals surface area (Å²) >= 11 is 0. The van der Waals surface area contributed by atoms with Crippen molar-refractivity contribution in [2.24, 2.45) is 0 Å². The summed E-state index contributed by atoms with van der Waals surface area (Å²) in [4.78, 5) is 14.1. The lowest BCUT2D eigenvalue weighted by atomic mass is 9.99. The van der Waals surface area contributed by atoms with Crippen molar-refractivity contribution >= 4 is 17.4 Å². The Kier molecular flexibility index (Phi) is 5.71. The predicted molar refractivity (Wildman–Crippen MR) is 104 cm³/mol. The number of hydrogen-bond acceptors (Lipinski definition) is 5. The number of carbonyl (C=O) groups is 1. The second kappa shape index (κ2) is 8.18. The molecular formula is C20H25N3O4. The minimum absolute atomic E-state index is 0.332. The number of amides is 2. The van der Waals surface area contributed by atoms with Gasteiger partial charge in [-0.05, 0) is 42.2 Å². The van der Waals surface area contributed by atoms with E-state index in [4.69, 9.17) is 9.47 Å². The zero-order chi connectivity index (χ0) is 19.4. The number of hydroxylamine groups is 1. The van der Waals surface area contributed by atoms with Gasteiger partial charge in [0.15, 0.2) is 0 Å². The Bertz CT molecular complexity index is 825. The maximum atomic E-state index is 11.8. The smallest absolute Gasteiger partial charge is 0.345 e. The van der Waals surface area contributed by atoms with Crippen LogP contribution in [0.3, 0.4) is 0 Å². The summed E-state index contributed by atoms with van der Waals surface area (Å²) in [6.07, 6.45) is 1.87. The average Bonchev–Trinajstić information content (AvgIpc) is 2.72. The van der Waals surface area contributed by atoms with Gasteiger partial charge in [0.2, 0.25) is 0 Å². The zero-order valence-electron chi connectivity index (χ0n) is 15.9. The molecule has 1 aliphatic heterocycles. The van der Waals surface area contributed by atoms with E-state index in [0.717, 1.165) is 48.5 Å². The molecule has 1 heterocycles. The molecule has 0 atom stereocenters. The number of hydrogen-bond donors (Lipinski definition) is 2. The van der Waals surface area contributed by atoms with Gasteiger partial charge in [-0.2, -0.15) is 5.06 Å². The number of rotatable bonds is 5. The Labute approximate surface area is 159 Å². The van der Waals surface area contributed by atoms with Gasteiger partial charge in [-0.3, -0.25) is 5.21 Å². The predicted octanol–water partition coefficient (Wildman–Crippen LogP) is 3.19. The number of carbonyl (C=O) groups excluding carboxylic acids is 1. The lowest BCUT2D eigenvalue weighted by Gasteiger charge is -2.33. The molecule has 144 valence electrons. The molecule has 2 aromatic carbocycles. The molecule has 7 nitrogen and oxygen atoms in total. The number of ether oxygens (including phenoxy) is 2. The number of nitrogens with one attached hydrogen (secondary N) is 1. The summed E-state index contributed by atoms with van der Waals surface area (Å²) in [6, 6.07) is 11.1. The second-order valence-corrected chi connectivity index (χ2v) is 6.40. The van der Waals surface area contributed by atoms with Gasteiger partial charge in [0.25, 0.3) is 0 Å². The fourth-order valence-corrected chi connectivity index (χ4v) is 3.38. The number of nitrogens with zero attached hydrogens (tertiary/aromatic N) is 2. The zero-order valence-corrected chi connectivity index (χ0v) is 15.9. The quantitative estimate of drug-likeness (QED) is 0.624. The topological polar surface area (TPSA) is 74.3 Å². The van der Waals surface area contributed by atoms with E-state index in [1.54, 1.807) is 7.11 Å². The molecule has 7 heteroatoms. The number of benzene rings is 2. The van der Waals surface area contributed by atoms with E-state index < -0.39 is 6.03 Å². The van der Waals surface area contributed by atoms with E-state index >= 15 is 0 Å². The second-order valence-electron chi connectivity index (χ2n) is 6.40. The molecule has 0 fully saturated rings. The van der Waals surface area contributed by atoms with E-state index in [1.807, 2.05) is 30.3 Å². The minimum atomic E-state index is -0.614. The highest BCUT2D eigenvalue weighted by Crippen LogP contribution is 2.38. The van der Waals surface area contributed by atoms with Crippen molar-refractivity contribution in [3.05, 3.63) is 47.5 Å². The molecular weight excluding hydrogens is 346 g/mol. The van der Waals surface area contributed by atoms with Gasteiger partial charge in [0, 0.05) is 31.9 Å². The molecule has 2 aromatic rings. The third-order valence-electron chi connectivity index (χ3n) is 4.74. The van der Waals surface area contributed by atoms with Crippen LogP contribution >= 0.6 is 0 Å². The lowest BCUT2D eigenvalue weighted by Crippen LogP contribution is -2.36. The first-order valence-corrected chi connectivity index (χ1v) is 8.87. The van der Waals surface area contributed by atoms with Gasteiger partial charge in [0.1, 0.15) is 17.2 Å². The molecule has 0 saturated carbocycles. The molecule has 27 heavy (non-hydrogen) atoms. The van der Waals surface area contributed by atoms with E-state index in [0.29, 0.717) is 16.5 Å². The molecule has 1 aliphatic rings. The highest BCUT2D eigenvalue weighted by molar-refractivity contribution is 5.92. The number of fused-ring (bicyclic) bond motifs is 1. The van der Waals surface area contributed by atoms with Crippen molar-refractivity contribution < 1.29 is 19.5 Å². The monoisotopic (exact) mass is 371 g/mol. The van der Waals surface area contributed by atoms with Gasteiger partial charge >= 0.3 is 6.03 Å². The molecule has 0 spiro atoms. The third-order valence-corrected chi connectivity index (χ3v) is 4.74. The van der Waals surface area contributed by atoms with Gasteiger partial charge in [-0.15, -0.1) is 0 Å². The van der Waals surface area contributed by atoms with Crippen LogP contribution in [0.4, 0.5) is 16.2 Å². The maximum Gasteiger partial charge on any atom is 0.345 e. The molecule has 2 N–H and O–H groups in total. The van der Waals surface area contributed by atoms with Crippen LogP contribution in [0, 0.1) is 0 Å². The van der Waals surface area contributed by atoms with E-state index in [9.17, 15) is 10.0 Å². The minimum Gasteiger partial charge on any atom is -0.497 e. The van der Waals surface area contributed by atoms with Gasteiger partial charge in [0.05, 0.1) is 14.2 Å². The van der Waals surface area contributed by atoms with Crippen LogP contribution in [0.25, 0.3) is 0 Å². The number of anilines is 2. The van der Waals surface area contributed by atoms with Crippen molar-refractivity contribution in [1.29, 1.82) is 0 Å². The van der Waals surface area contributed by atoms with E-state index in [1.165, 1.54) is 14.2 Å². The number of aryl methyl sites for hydroxylation is 1. The third kappa shape index (κ3) is 3.93. The molecule has 3 rings (SSSR count). The Morgan fingerprint density at radius 3 is 2.78 bits per heavy atom. The summed E-state index contributed by atoms with van der Waals surface area (Å²) in [7, 11) is 4.65. The molecule has 0 aromatic heterocycles. The van der Waals surface area contributed by atoms with Crippen LogP contribution in [0.5, 0.6) is 11.5 Å². The molecule has 0 radical (unpaired) electrons. The van der Waals surface area contributed by atoms with Gasteiger partial charge < -0.3 is 19.7 Å². The highest BCUT2D eigenvalue weighted by atomic mass is 16.5. The lowest BCUT2D eigenvalue weighted by molar-refractivity contribution is 0.205.